The minimum atomic E-state index is -2.17. The first-order valence-electron chi connectivity index (χ1n) is 14.0. The third-order valence-electron chi connectivity index (χ3n) is 7.87. The Hall–Kier alpha value is -1.47. The van der Waals surface area contributed by atoms with Crippen molar-refractivity contribution in [1.29, 1.82) is 0 Å². The molecule has 0 radical (unpaired) electrons. The molecular formula is C28H47ClFN3O6Si. The molecule has 4 atom stereocenters. The van der Waals surface area contributed by atoms with Crippen molar-refractivity contribution in [2.45, 2.75) is 96.6 Å². The lowest BCUT2D eigenvalue weighted by molar-refractivity contribution is -0.237. The summed E-state index contributed by atoms with van der Waals surface area (Å²) in [7, 11) is -2.17. The summed E-state index contributed by atoms with van der Waals surface area (Å²) in [6.07, 6.45) is 0.127. The number of piperidine rings is 1. The van der Waals surface area contributed by atoms with E-state index in [1.54, 1.807) is 11.0 Å². The number of carbonyl (C=O) groups is 1. The normalized spacial score (nSPS) is 25.1. The molecule has 2 heterocycles. The van der Waals surface area contributed by atoms with E-state index in [0.29, 0.717) is 37.5 Å². The molecule has 0 aliphatic carbocycles. The molecule has 1 aromatic carbocycles. The fourth-order valence-electron chi connectivity index (χ4n) is 4.57. The minimum Gasteiger partial charge on any atom is -0.472 e. The number of carbonyl (C=O) groups excluding carboxylic acids is 1. The van der Waals surface area contributed by atoms with Crippen molar-refractivity contribution in [3.05, 3.63) is 29.0 Å². The van der Waals surface area contributed by atoms with Crippen LogP contribution in [0.5, 0.6) is 5.75 Å². The SMILES string of the molecule is CC(C)(C)OC(=O)N1CCN(C2NC(Oc3ccc(Cl)cc3F)CCC2CO)C(COO[Si](C)(C)C(C)(C)C)C1. The average Bonchev–Trinajstić information content (AvgIpc) is 2.84. The van der Waals surface area contributed by atoms with E-state index >= 15 is 0 Å². The van der Waals surface area contributed by atoms with Crippen LogP contribution in [0.25, 0.3) is 0 Å². The number of rotatable bonds is 8. The fourth-order valence-corrected chi connectivity index (χ4v) is 5.34. The molecule has 228 valence electrons. The van der Waals surface area contributed by atoms with Crippen molar-refractivity contribution < 1.29 is 33.2 Å². The van der Waals surface area contributed by atoms with E-state index in [0.717, 1.165) is 0 Å². The Kier molecular flexibility index (Phi) is 10.9. The molecule has 2 fully saturated rings. The number of ether oxygens (including phenoxy) is 2. The van der Waals surface area contributed by atoms with Crippen molar-refractivity contribution >= 4 is 26.0 Å². The van der Waals surface area contributed by atoms with Gasteiger partial charge in [0.05, 0.1) is 18.8 Å². The van der Waals surface area contributed by atoms with Crippen molar-refractivity contribution in [1.82, 2.24) is 15.1 Å². The van der Waals surface area contributed by atoms with Crippen LogP contribution < -0.4 is 10.1 Å². The summed E-state index contributed by atoms with van der Waals surface area (Å²) >= 11 is 5.90. The van der Waals surface area contributed by atoms with Gasteiger partial charge >= 0.3 is 6.09 Å². The van der Waals surface area contributed by atoms with Crippen LogP contribution in [-0.4, -0.2) is 86.2 Å². The summed E-state index contributed by atoms with van der Waals surface area (Å²) < 4.78 is 32.1. The number of nitrogens with zero attached hydrogens (tertiary/aromatic N) is 2. The number of nitrogens with one attached hydrogen (secondary N) is 1. The molecule has 2 aliphatic heterocycles. The van der Waals surface area contributed by atoms with Gasteiger partial charge in [0.1, 0.15) is 5.60 Å². The Bertz CT molecular complexity index is 1010. The highest BCUT2D eigenvalue weighted by Crippen LogP contribution is 2.37. The number of hydrogen-bond donors (Lipinski definition) is 2. The van der Waals surface area contributed by atoms with Gasteiger partial charge < -0.3 is 19.5 Å². The Morgan fingerprint density at radius 1 is 1.18 bits per heavy atom. The lowest BCUT2D eigenvalue weighted by Gasteiger charge is -2.49. The molecule has 2 saturated heterocycles. The predicted octanol–water partition coefficient (Wildman–Crippen LogP) is 5.38. The fraction of sp³-hybridized carbons (Fsp3) is 0.750. The molecular weight excluding hydrogens is 557 g/mol. The molecule has 4 unspecified atom stereocenters. The molecule has 1 aromatic rings. The lowest BCUT2D eigenvalue weighted by atomic mass is 9.93. The topological polar surface area (TPSA) is 92.7 Å². The number of piperazine rings is 1. The molecule has 1 amide bonds. The van der Waals surface area contributed by atoms with Crippen LogP contribution in [0.4, 0.5) is 9.18 Å². The van der Waals surface area contributed by atoms with Gasteiger partial charge in [0.15, 0.2) is 17.8 Å². The zero-order chi connectivity index (χ0) is 29.9. The van der Waals surface area contributed by atoms with Crippen molar-refractivity contribution in [3.8, 4) is 5.75 Å². The Labute approximate surface area is 244 Å². The molecule has 0 aromatic heterocycles. The maximum Gasteiger partial charge on any atom is 0.410 e. The van der Waals surface area contributed by atoms with Crippen LogP contribution >= 0.6 is 11.6 Å². The zero-order valence-electron chi connectivity index (χ0n) is 25.1. The molecule has 40 heavy (non-hydrogen) atoms. The first-order valence-corrected chi connectivity index (χ1v) is 17.3. The molecule has 0 saturated carbocycles. The smallest absolute Gasteiger partial charge is 0.410 e. The second kappa shape index (κ2) is 13.2. The van der Waals surface area contributed by atoms with Gasteiger partial charge in [-0.1, -0.05) is 32.4 Å². The Morgan fingerprint density at radius 2 is 1.88 bits per heavy atom. The van der Waals surface area contributed by atoms with E-state index in [1.165, 1.54) is 12.1 Å². The van der Waals surface area contributed by atoms with Crippen LogP contribution in [0.3, 0.4) is 0 Å². The standard InChI is InChI=1S/C28H47ClFN3O6Si/c1-27(2,3)38-26(35)32-13-14-33(21(16-32)18-36-39-40(7,8)28(4,5)6)25-19(17-34)9-12-24(31-25)37-23-11-10-20(29)15-22(23)30/h10-11,15,19,21,24-25,31,34H,9,12-14,16-18H2,1-8H3. The second-order valence-electron chi connectivity index (χ2n) is 13.3. The van der Waals surface area contributed by atoms with Crippen molar-refractivity contribution in [2.75, 3.05) is 32.8 Å². The highest BCUT2D eigenvalue weighted by molar-refractivity contribution is 6.73. The number of aliphatic hydroxyl groups is 1. The van der Waals surface area contributed by atoms with Crippen LogP contribution in [-0.2, 0) is 14.2 Å². The van der Waals surface area contributed by atoms with Gasteiger partial charge in [-0.05, 0) is 69.9 Å². The van der Waals surface area contributed by atoms with Gasteiger partial charge in [-0.3, -0.25) is 14.8 Å². The van der Waals surface area contributed by atoms with E-state index < -0.39 is 26.0 Å². The van der Waals surface area contributed by atoms with Gasteiger partial charge in [0.25, 0.3) is 0 Å². The molecule has 3 rings (SSSR count). The maximum absolute atomic E-state index is 14.5. The summed E-state index contributed by atoms with van der Waals surface area (Å²) in [6.45, 7) is 17.7. The van der Waals surface area contributed by atoms with Gasteiger partial charge in [-0.15, -0.1) is 0 Å². The molecule has 12 heteroatoms. The number of hydrogen-bond acceptors (Lipinski definition) is 8. The monoisotopic (exact) mass is 603 g/mol. The number of amides is 1. The first kappa shape index (κ1) is 33.0. The van der Waals surface area contributed by atoms with Gasteiger partial charge in [-0.25, -0.2) is 14.1 Å². The number of halogens is 2. The summed E-state index contributed by atoms with van der Waals surface area (Å²) in [5.74, 6) is -0.512. The van der Waals surface area contributed by atoms with Crippen LogP contribution in [0, 0.1) is 11.7 Å². The van der Waals surface area contributed by atoms with Gasteiger partial charge in [-0.2, -0.15) is 0 Å². The molecule has 9 nitrogen and oxygen atoms in total. The largest absolute Gasteiger partial charge is 0.472 e. The number of benzene rings is 1. The zero-order valence-corrected chi connectivity index (χ0v) is 26.9. The maximum atomic E-state index is 14.5. The first-order chi connectivity index (χ1) is 18.5. The number of aliphatic hydroxyl groups excluding tert-OH is 1. The predicted molar refractivity (Wildman–Crippen MR) is 155 cm³/mol. The van der Waals surface area contributed by atoms with Gasteiger partial charge in [0, 0.05) is 37.2 Å². The van der Waals surface area contributed by atoms with Crippen molar-refractivity contribution in [3.63, 3.8) is 0 Å². The van der Waals surface area contributed by atoms with Crippen molar-refractivity contribution in [2.24, 2.45) is 5.92 Å². The molecule has 0 spiro atoms. The van der Waals surface area contributed by atoms with E-state index in [9.17, 15) is 14.3 Å². The Balaban J connectivity index is 1.78. The Morgan fingerprint density at radius 3 is 2.48 bits per heavy atom. The third-order valence-corrected chi connectivity index (χ3v) is 12.3. The highest BCUT2D eigenvalue weighted by atomic mass is 35.5. The summed E-state index contributed by atoms with van der Waals surface area (Å²) in [5, 5.41) is 14.0. The second-order valence-corrected chi connectivity index (χ2v) is 18.4. The summed E-state index contributed by atoms with van der Waals surface area (Å²) in [6, 6.07) is 4.08. The van der Waals surface area contributed by atoms with E-state index in [2.05, 4.69) is 44.1 Å². The molecule has 2 N–H and O–H groups in total. The van der Waals surface area contributed by atoms with E-state index in [-0.39, 0.29) is 48.2 Å². The highest BCUT2D eigenvalue weighted by Gasteiger charge is 2.43. The molecule has 0 bridgehead atoms. The van der Waals surface area contributed by atoms with Crippen LogP contribution in [0.15, 0.2) is 18.2 Å². The molecule has 2 aliphatic rings. The summed E-state index contributed by atoms with van der Waals surface area (Å²) in [4.78, 5) is 22.7. The summed E-state index contributed by atoms with van der Waals surface area (Å²) in [5.41, 5.74) is -0.611. The third kappa shape index (κ3) is 8.76. The van der Waals surface area contributed by atoms with Gasteiger partial charge in [0.2, 0.25) is 8.32 Å². The average molecular weight is 604 g/mol. The van der Waals surface area contributed by atoms with E-state index in [4.69, 9.17) is 30.5 Å². The quantitative estimate of drug-likeness (QED) is 0.233. The lowest BCUT2D eigenvalue weighted by Crippen LogP contribution is -2.67. The minimum absolute atomic E-state index is 0.0278. The van der Waals surface area contributed by atoms with E-state index in [1.807, 2.05) is 20.8 Å². The van der Waals surface area contributed by atoms with Crippen LogP contribution in [0.2, 0.25) is 23.2 Å². The van der Waals surface area contributed by atoms with Crippen LogP contribution in [0.1, 0.15) is 54.4 Å².